The van der Waals surface area contributed by atoms with Gasteiger partial charge in [-0.05, 0) is 12.8 Å². The lowest BCUT2D eigenvalue weighted by Crippen LogP contribution is -2.06. The van der Waals surface area contributed by atoms with Crippen LogP contribution in [0.25, 0.3) is 16.3 Å². The zero-order valence-corrected chi connectivity index (χ0v) is 8.23. The van der Waals surface area contributed by atoms with Crippen LogP contribution in [0.2, 0.25) is 0 Å². The van der Waals surface area contributed by atoms with Gasteiger partial charge in [-0.25, -0.2) is 4.98 Å². The highest BCUT2D eigenvalue weighted by Crippen LogP contribution is 2.31. The summed E-state index contributed by atoms with van der Waals surface area (Å²) in [7, 11) is 0. The van der Waals surface area contributed by atoms with Crippen molar-refractivity contribution in [3.05, 3.63) is 33.2 Å². The van der Waals surface area contributed by atoms with Crippen LogP contribution in [0.3, 0.4) is 0 Å². The Morgan fingerprint density at radius 3 is 3.36 bits per heavy atom. The van der Waals surface area contributed by atoms with Gasteiger partial charge in [-0.3, -0.25) is 4.79 Å². The van der Waals surface area contributed by atoms with Gasteiger partial charge in [-0.15, -0.1) is 11.3 Å². The molecule has 0 bridgehead atoms. The number of thiophene rings is 1. The topological polar surface area (TPSA) is 45.8 Å². The average Bonchev–Trinajstić information content (AvgIpc) is 2.57. The molecule has 0 aliphatic heterocycles. The molecule has 70 valence electrons. The summed E-state index contributed by atoms with van der Waals surface area (Å²) >= 11 is 1.63. The molecular formula is C10H8N2OS. The first kappa shape index (κ1) is 7.94. The zero-order valence-electron chi connectivity index (χ0n) is 7.41. The van der Waals surface area contributed by atoms with Gasteiger partial charge in [0.1, 0.15) is 4.83 Å². The second-order valence-corrected chi connectivity index (χ2v) is 4.38. The Balaban J connectivity index is 2.52. The summed E-state index contributed by atoms with van der Waals surface area (Å²) in [5.74, 6) is 0. The molecule has 0 radical (unpaired) electrons. The third kappa shape index (κ3) is 0.974. The van der Waals surface area contributed by atoms with Crippen LogP contribution in [0.4, 0.5) is 0 Å². The normalized spacial score (nSPS) is 14.6. The van der Waals surface area contributed by atoms with Gasteiger partial charge in [0.2, 0.25) is 0 Å². The number of nitrogens with zero attached hydrogens (tertiary/aromatic N) is 1. The molecule has 0 amide bonds. The molecule has 1 N–H and O–H groups in total. The maximum absolute atomic E-state index is 11.6. The summed E-state index contributed by atoms with van der Waals surface area (Å²) in [5.41, 5.74) is 1.05. The zero-order chi connectivity index (χ0) is 9.54. The van der Waals surface area contributed by atoms with E-state index >= 15 is 0 Å². The van der Waals surface area contributed by atoms with Crippen molar-refractivity contribution < 1.29 is 0 Å². The summed E-state index contributed by atoms with van der Waals surface area (Å²) in [4.78, 5) is 20.5. The van der Waals surface area contributed by atoms with Crippen molar-refractivity contribution in [2.75, 3.05) is 0 Å². The SMILES string of the molecule is O=c1[nH]cnc2sc3c(c12)C=CCC3. The molecule has 0 saturated carbocycles. The molecule has 0 spiro atoms. The second kappa shape index (κ2) is 2.78. The minimum atomic E-state index is -0.0287. The van der Waals surface area contributed by atoms with Crippen LogP contribution in [0.5, 0.6) is 0 Å². The predicted molar refractivity (Wildman–Crippen MR) is 57.6 cm³/mol. The highest BCUT2D eigenvalue weighted by molar-refractivity contribution is 7.19. The molecule has 4 heteroatoms. The van der Waals surface area contributed by atoms with E-state index in [-0.39, 0.29) is 5.56 Å². The third-order valence-corrected chi connectivity index (χ3v) is 3.60. The summed E-state index contributed by atoms with van der Waals surface area (Å²) in [6.07, 6.45) is 7.72. The molecule has 0 fully saturated rings. The average molecular weight is 204 g/mol. The maximum Gasteiger partial charge on any atom is 0.260 e. The summed E-state index contributed by atoms with van der Waals surface area (Å²) in [6.45, 7) is 0. The molecule has 1 aliphatic rings. The molecule has 2 aromatic rings. The van der Waals surface area contributed by atoms with Crippen molar-refractivity contribution in [1.29, 1.82) is 0 Å². The van der Waals surface area contributed by atoms with E-state index in [4.69, 9.17) is 0 Å². The molecule has 2 aromatic heterocycles. The van der Waals surface area contributed by atoms with Gasteiger partial charge in [0.05, 0.1) is 11.7 Å². The van der Waals surface area contributed by atoms with Crippen LogP contribution < -0.4 is 5.56 Å². The van der Waals surface area contributed by atoms with Gasteiger partial charge in [-0.1, -0.05) is 12.2 Å². The molecule has 2 heterocycles. The number of allylic oxidation sites excluding steroid dienone is 1. The van der Waals surface area contributed by atoms with Crippen molar-refractivity contribution in [2.24, 2.45) is 0 Å². The first-order valence-electron chi connectivity index (χ1n) is 4.52. The second-order valence-electron chi connectivity index (χ2n) is 3.29. The van der Waals surface area contributed by atoms with E-state index in [1.54, 1.807) is 11.3 Å². The predicted octanol–water partition coefficient (Wildman–Crippen LogP) is 1.94. The van der Waals surface area contributed by atoms with E-state index in [2.05, 4.69) is 16.0 Å². The van der Waals surface area contributed by atoms with Crippen LogP contribution in [-0.2, 0) is 6.42 Å². The van der Waals surface area contributed by atoms with Crippen LogP contribution in [-0.4, -0.2) is 9.97 Å². The fraction of sp³-hybridized carbons (Fsp3) is 0.200. The van der Waals surface area contributed by atoms with Gasteiger partial charge in [0, 0.05) is 10.4 Å². The fourth-order valence-corrected chi connectivity index (χ4v) is 2.93. The van der Waals surface area contributed by atoms with Gasteiger partial charge >= 0.3 is 0 Å². The van der Waals surface area contributed by atoms with Crippen LogP contribution in [0.1, 0.15) is 16.9 Å². The number of aromatic amines is 1. The smallest absolute Gasteiger partial charge is 0.260 e. The Hall–Kier alpha value is -1.42. The van der Waals surface area contributed by atoms with Crippen molar-refractivity contribution in [2.45, 2.75) is 12.8 Å². The van der Waals surface area contributed by atoms with Gasteiger partial charge in [0.15, 0.2) is 0 Å². The Morgan fingerprint density at radius 2 is 2.43 bits per heavy atom. The van der Waals surface area contributed by atoms with E-state index in [0.717, 1.165) is 28.6 Å². The number of aromatic nitrogens is 2. The number of hydrogen-bond donors (Lipinski definition) is 1. The lowest BCUT2D eigenvalue weighted by molar-refractivity contribution is 1.01. The number of rotatable bonds is 0. The van der Waals surface area contributed by atoms with E-state index in [9.17, 15) is 4.79 Å². The number of hydrogen-bond acceptors (Lipinski definition) is 3. The standard InChI is InChI=1S/C10H8N2OS/c13-9-8-6-3-1-2-4-7(6)14-10(8)12-5-11-9/h1,3,5H,2,4H2,(H,11,12,13). The maximum atomic E-state index is 11.6. The molecule has 0 saturated heterocycles. The lowest BCUT2D eigenvalue weighted by atomic mass is 10.0. The van der Waals surface area contributed by atoms with Crippen molar-refractivity contribution in [3.63, 3.8) is 0 Å². The molecule has 3 rings (SSSR count). The van der Waals surface area contributed by atoms with Gasteiger partial charge in [0.25, 0.3) is 5.56 Å². The van der Waals surface area contributed by atoms with Crippen molar-refractivity contribution in [1.82, 2.24) is 9.97 Å². The molecule has 0 unspecified atom stereocenters. The number of H-pyrrole nitrogens is 1. The Labute approximate surface area is 84.1 Å². The molecular weight excluding hydrogens is 196 g/mol. The van der Waals surface area contributed by atoms with Crippen molar-refractivity contribution in [3.8, 4) is 0 Å². The Morgan fingerprint density at radius 1 is 1.50 bits per heavy atom. The van der Waals surface area contributed by atoms with Crippen LogP contribution >= 0.6 is 11.3 Å². The van der Waals surface area contributed by atoms with Gasteiger partial charge in [-0.2, -0.15) is 0 Å². The minimum Gasteiger partial charge on any atom is -0.313 e. The first-order valence-corrected chi connectivity index (χ1v) is 5.33. The summed E-state index contributed by atoms with van der Waals surface area (Å²) < 4.78 is 0. The lowest BCUT2D eigenvalue weighted by Gasteiger charge is -2.02. The quantitative estimate of drug-likeness (QED) is 0.712. The Kier molecular flexibility index (Phi) is 1.58. The van der Waals surface area contributed by atoms with E-state index in [1.165, 1.54) is 11.2 Å². The first-order chi connectivity index (χ1) is 6.86. The fourth-order valence-electron chi connectivity index (χ4n) is 1.79. The molecule has 14 heavy (non-hydrogen) atoms. The van der Waals surface area contributed by atoms with Crippen LogP contribution in [0, 0.1) is 0 Å². The highest BCUT2D eigenvalue weighted by atomic mass is 32.1. The minimum absolute atomic E-state index is 0.0287. The monoisotopic (exact) mass is 204 g/mol. The number of nitrogens with one attached hydrogen (secondary N) is 1. The summed E-state index contributed by atoms with van der Waals surface area (Å²) in [6, 6.07) is 0. The van der Waals surface area contributed by atoms with E-state index in [0.29, 0.717) is 0 Å². The van der Waals surface area contributed by atoms with Crippen LogP contribution in [0.15, 0.2) is 17.2 Å². The van der Waals surface area contributed by atoms with E-state index < -0.39 is 0 Å². The Bertz CT molecular complexity index is 579. The van der Waals surface area contributed by atoms with Gasteiger partial charge < -0.3 is 4.98 Å². The molecule has 0 atom stereocenters. The third-order valence-electron chi connectivity index (χ3n) is 2.43. The molecule has 0 aromatic carbocycles. The van der Waals surface area contributed by atoms with E-state index in [1.807, 2.05) is 6.08 Å². The largest absolute Gasteiger partial charge is 0.313 e. The number of aryl methyl sites for hydroxylation is 1. The molecule has 1 aliphatic carbocycles. The van der Waals surface area contributed by atoms with Crippen molar-refractivity contribution >= 4 is 27.6 Å². The highest BCUT2D eigenvalue weighted by Gasteiger charge is 2.15. The summed E-state index contributed by atoms with van der Waals surface area (Å²) in [5, 5.41) is 0.753. The number of fused-ring (bicyclic) bond motifs is 3. The molecule has 3 nitrogen and oxygen atoms in total.